The normalized spacial score (nSPS) is 13.6. The zero-order chi connectivity index (χ0) is 14.8. The van der Waals surface area contributed by atoms with Gasteiger partial charge in [0.2, 0.25) is 10.0 Å². The topological polar surface area (TPSA) is 66.6 Å². The highest BCUT2D eigenvalue weighted by molar-refractivity contribution is 7.89. The van der Waals surface area contributed by atoms with Crippen LogP contribution in [0.1, 0.15) is 20.3 Å². The quantitative estimate of drug-likeness (QED) is 0.837. The van der Waals surface area contributed by atoms with E-state index in [9.17, 15) is 8.42 Å². The van der Waals surface area contributed by atoms with Crippen LogP contribution in [0.15, 0.2) is 23.1 Å². The minimum absolute atomic E-state index is 0.261. The number of nitrogens with zero attached hydrogens (tertiary/aromatic N) is 2. The monoisotopic (exact) mass is 285 g/mol. The van der Waals surface area contributed by atoms with Gasteiger partial charge in [-0.3, -0.25) is 0 Å². The molecule has 0 aromatic heterocycles. The van der Waals surface area contributed by atoms with Gasteiger partial charge in [-0.25, -0.2) is 12.7 Å². The highest BCUT2D eigenvalue weighted by Crippen LogP contribution is 2.28. The third-order valence-electron chi connectivity index (χ3n) is 3.41. The van der Waals surface area contributed by atoms with Crippen LogP contribution in [-0.4, -0.2) is 39.9 Å². The van der Waals surface area contributed by atoms with Gasteiger partial charge in [0, 0.05) is 27.2 Å². The molecule has 0 saturated carbocycles. The zero-order valence-electron chi connectivity index (χ0n) is 12.2. The molecule has 0 fully saturated rings. The predicted octanol–water partition coefficient (Wildman–Crippen LogP) is 1.75. The van der Waals surface area contributed by atoms with Gasteiger partial charge in [-0.15, -0.1) is 0 Å². The van der Waals surface area contributed by atoms with Crippen LogP contribution in [-0.2, 0) is 10.0 Å². The molecule has 6 heteroatoms. The van der Waals surface area contributed by atoms with Crippen LogP contribution in [0.2, 0.25) is 0 Å². The van der Waals surface area contributed by atoms with Gasteiger partial charge in [0.1, 0.15) is 0 Å². The Morgan fingerprint density at radius 3 is 2.32 bits per heavy atom. The molecule has 0 heterocycles. The van der Waals surface area contributed by atoms with E-state index in [1.54, 1.807) is 18.2 Å². The summed E-state index contributed by atoms with van der Waals surface area (Å²) in [5.74, 6) is 0. The Morgan fingerprint density at radius 1 is 1.26 bits per heavy atom. The standard InChI is InChI=1S/C13H23N3O2S/c1-6-10(2)16(5)13-9-11(7-8-12(13)14)19(17,18)15(3)4/h7-10H,6,14H2,1-5H3. The first-order valence-electron chi connectivity index (χ1n) is 6.26. The number of nitrogen functional groups attached to an aromatic ring is 1. The highest BCUT2D eigenvalue weighted by Gasteiger charge is 2.20. The summed E-state index contributed by atoms with van der Waals surface area (Å²) in [6.07, 6.45) is 0.959. The summed E-state index contributed by atoms with van der Waals surface area (Å²) in [5.41, 5.74) is 7.28. The fraction of sp³-hybridized carbons (Fsp3) is 0.538. The zero-order valence-corrected chi connectivity index (χ0v) is 13.0. The number of anilines is 2. The van der Waals surface area contributed by atoms with Gasteiger partial charge >= 0.3 is 0 Å². The summed E-state index contributed by atoms with van der Waals surface area (Å²) in [4.78, 5) is 2.26. The van der Waals surface area contributed by atoms with Gasteiger partial charge in [-0.1, -0.05) is 6.92 Å². The fourth-order valence-corrected chi connectivity index (χ4v) is 2.63. The first-order valence-corrected chi connectivity index (χ1v) is 7.70. The van der Waals surface area contributed by atoms with E-state index in [4.69, 9.17) is 5.73 Å². The molecule has 1 aromatic rings. The smallest absolute Gasteiger partial charge is 0.242 e. The molecular weight excluding hydrogens is 262 g/mol. The second-order valence-electron chi connectivity index (χ2n) is 4.88. The molecule has 108 valence electrons. The van der Waals surface area contributed by atoms with Crippen molar-refractivity contribution in [1.29, 1.82) is 0 Å². The minimum Gasteiger partial charge on any atom is -0.397 e. The molecule has 1 atom stereocenters. The van der Waals surface area contributed by atoms with E-state index in [2.05, 4.69) is 13.8 Å². The van der Waals surface area contributed by atoms with Crippen molar-refractivity contribution in [2.75, 3.05) is 31.8 Å². The van der Waals surface area contributed by atoms with Gasteiger partial charge in [-0.2, -0.15) is 0 Å². The molecule has 19 heavy (non-hydrogen) atoms. The van der Waals surface area contributed by atoms with Crippen molar-refractivity contribution in [2.45, 2.75) is 31.2 Å². The van der Waals surface area contributed by atoms with Gasteiger partial charge in [0.15, 0.2) is 0 Å². The van der Waals surface area contributed by atoms with E-state index < -0.39 is 10.0 Å². The molecule has 0 radical (unpaired) electrons. The van der Waals surface area contributed by atoms with Crippen LogP contribution < -0.4 is 10.6 Å². The van der Waals surface area contributed by atoms with E-state index in [1.165, 1.54) is 18.4 Å². The summed E-state index contributed by atoms with van der Waals surface area (Å²) in [6, 6.07) is 5.11. The summed E-state index contributed by atoms with van der Waals surface area (Å²) < 4.78 is 25.4. The average molecular weight is 285 g/mol. The molecular formula is C13H23N3O2S. The molecule has 0 bridgehead atoms. The second kappa shape index (κ2) is 5.79. The van der Waals surface area contributed by atoms with Crippen molar-refractivity contribution in [3.8, 4) is 0 Å². The third-order valence-corrected chi connectivity index (χ3v) is 5.22. The van der Waals surface area contributed by atoms with Crippen molar-refractivity contribution < 1.29 is 8.42 Å². The molecule has 1 aromatic carbocycles. The number of benzene rings is 1. The third kappa shape index (κ3) is 3.19. The molecule has 5 nitrogen and oxygen atoms in total. The molecule has 2 N–H and O–H groups in total. The lowest BCUT2D eigenvalue weighted by molar-refractivity contribution is 0.520. The number of nitrogens with two attached hydrogens (primary N) is 1. The molecule has 0 amide bonds. The largest absolute Gasteiger partial charge is 0.397 e. The van der Waals surface area contributed by atoms with Gasteiger partial charge in [0.25, 0.3) is 0 Å². The van der Waals surface area contributed by atoms with Gasteiger partial charge < -0.3 is 10.6 Å². The maximum absolute atomic E-state index is 12.1. The molecule has 0 saturated heterocycles. The van der Waals surface area contributed by atoms with Crippen molar-refractivity contribution in [2.24, 2.45) is 0 Å². The van der Waals surface area contributed by atoms with E-state index in [1.807, 2.05) is 11.9 Å². The Hall–Kier alpha value is -1.27. The SMILES string of the molecule is CCC(C)N(C)c1cc(S(=O)(=O)N(C)C)ccc1N. The first-order chi connectivity index (χ1) is 8.71. The Labute approximate surface area is 116 Å². The van der Waals surface area contributed by atoms with Crippen molar-refractivity contribution in [1.82, 2.24) is 4.31 Å². The first kappa shape index (κ1) is 15.8. The van der Waals surface area contributed by atoms with Crippen LogP contribution in [0.3, 0.4) is 0 Å². The summed E-state index contributed by atoms with van der Waals surface area (Å²) in [7, 11) is 1.53. The molecule has 0 spiro atoms. The van der Waals surface area contributed by atoms with E-state index in [0.717, 1.165) is 12.1 Å². The maximum Gasteiger partial charge on any atom is 0.242 e. The molecule has 0 aliphatic heterocycles. The number of hydrogen-bond acceptors (Lipinski definition) is 4. The van der Waals surface area contributed by atoms with Gasteiger partial charge in [-0.05, 0) is 31.5 Å². The fourth-order valence-electron chi connectivity index (χ4n) is 1.71. The Bertz CT molecular complexity index is 541. The van der Waals surface area contributed by atoms with Crippen LogP contribution in [0.25, 0.3) is 0 Å². The molecule has 1 rings (SSSR count). The van der Waals surface area contributed by atoms with Gasteiger partial charge in [0.05, 0.1) is 16.3 Å². The molecule has 1 unspecified atom stereocenters. The number of rotatable bonds is 5. The van der Waals surface area contributed by atoms with Crippen LogP contribution >= 0.6 is 0 Å². The molecule has 0 aliphatic carbocycles. The van der Waals surface area contributed by atoms with Crippen molar-refractivity contribution in [3.05, 3.63) is 18.2 Å². The minimum atomic E-state index is -3.43. The summed E-state index contributed by atoms with van der Waals surface area (Å²) in [6.45, 7) is 4.16. The number of sulfonamides is 1. The highest BCUT2D eigenvalue weighted by atomic mass is 32.2. The summed E-state index contributed by atoms with van der Waals surface area (Å²) >= 11 is 0. The van der Waals surface area contributed by atoms with E-state index in [0.29, 0.717) is 11.7 Å². The lowest BCUT2D eigenvalue weighted by Gasteiger charge is -2.28. The van der Waals surface area contributed by atoms with E-state index >= 15 is 0 Å². The maximum atomic E-state index is 12.1. The average Bonchev–Trinajstić information content (AvgIpc) is 2.37. The van der Waals surface area contributed by atoms with E-state index in [-0.39, 0.29) is 4.90 Å². The van der Waals surface area contributed by atoms with Crippen molar-refractivity contribution in [3.63, 3.8) is 0 Å². The number of hydrogen-bond donors (Lipinski definition) is 1. The summed E-state index contributed by atoms with van der Waals surface area (Å²) in [5, 5.41) is 0. The lowest BCUT2D eigenvalue weighted by Crippen LogP contribution is -2.29. The molecule has 0 aliphatic rings. The Balaban J connectivity index is 3.30. The second-order valence-corrected chi connectivity index (χ2v) is 7.03. The van der Waals surface area contributed by atoms with Crippen molar-refractivity contribution >= 4 is 21.4 Å². The Morgan fingerprint density at radius 2 is 1.84 bits per heavy atom. The van der Waals surface area contributed by atoms with Crippen LogP contribution in [0.4, 0.5) is 11.4 Å². The van der Waals surface area contributed by atoms with Crippen LogP contribution in [0.5, 0.6) is 0 Å². The Kier molecular flexibility index (Phi) is 4.81. The lowest BCUT2D eigenvalue weighted by atomic mass is 10.2. The van der Waals surface area contributed by atoms with Crippen LogP contribution in [0, 0.1) is 0 Å². The predicted molar refractivity (Wildman–Crippen MR) is 79.9 cm³/mol.